The molecule has 0 radical (unpaired) electrons. The van der Waals surface area contributed by atoms with Crippen LogP contribution in [0.25, 0.3) is 0 Å². The average molecular weight is 349 g/mol. The molecule has 5 heteroatoms. The van der Waals surface area contributed by atoms with Gasteiger partial charge in [0.25, 0.3) is 0 Å². The van der Waals surface area contributed by atoms with Gasteiger partial charge in [0.15, 0.2) is 0 Å². The first-order valence-electron chi connectivity index (χ1n) is 9.08. The maximum absolute atomic E-state index is 11.6. The molecule has 0 aromatic carbocycles. The predicted molar refractivity (Wildman–Crippen MR) is 97.4 cm³/mol. The predicted octanol–water partition coefficient (Wildman–Crippen LogP) is 4.98. The summed E-state index contributed by atoms with van der Waals surface area (Å²) in [6.45, 7) is 10.5. The van der Waals surface area contributed by atoms with Crippen LogP contribution in [-0.2, 0) is 19.1 Å². The normalized spacial score (nSPS) is 11.2. The number of carbonyl (C=O) groups excluding carboxylic acids is 2. The molecular weight excluding hydrogens is 318 g/mol. The number of nitrogens with zero attached hydrogens (tertiary/aromatic N) is 1. The number of esters is 2. The molecule has 0 amide bonds. The van der Waals surface area contributed by atoms with Crippen LogP contribution >= 0.6 is 0 Å². The molecule has 0 aliphatic rings. The number of hydrogen-bond acceptors (Lipinski definition) is 5. The van der Waals surface area contributed by atoms with Gasteiger partial charge in [-0.3, -0.25) is 0 Å². The lowest BCUT2D eigenvalue weighted by Gasteiger charge is -2.18. The lowest BCUT2D eigenvalue weighted by Crippen LogP contribution is -2.25. The van der Waals surface area contributed by atoms with Crippen molar-refractivity contribution in [3.05, 3.63) is 24.3 Å². The van der Waals surface area contributed by atoms with Crippen LogP contribution < -0.4 is 0 Å². The standard InChI is InChI=1S/C20H31NO4/c1-5-6-7-8-9-10-11-12-13-14-18(24-19(22)16(2)3)25-20(23)17(4)15-21/h18H,2,4-14H2,1,3H3. The van der Waals surface area contributed by atoms with Gasteiger partial charge in [-0.25, -0.2) is 9.59 Å². The molecule has 0 saturated heterocycles. The zero-order chi connectivity index (χ0) is 19.1. The van der Waals surface area contributed by atoms with E-state index in [0.29, 0.717) is 6.42 Å². The number of ether oxygens (including phenoxy) is 2. The smallest absolute Gasteiger partial charge is 0.351 e. The van der Waals surface area contributed by atoms with Crippen molar-refractivity contribution in [2.24, 2.45) is 0 Å². The highest BCUT2D eigenvalue weighted by Crippen LogP contribution is 2.15. The molecule has 0 heterocycles. The Morgan fingerprint density at radius 3 is 1.88 bits per heavy atom. The van der Waals surface area contributed by atoms with E-state index in [0.717, 1.165) is 19.3 Å². The van der Waals surface area contributed by atoms with Gasteiger partial charge < -0.3 is 9.47 Å². The number of rotatable bonds is 14. The second-order valence-corrected chi connectivity index (χ2v) is 6.23. The van der Waals surface area contributed by atoms with Crippen molar-refractivity contribution in [1.82, 2.24) is 0 Å². The van der Waals surface area contributed by atoms with Crippen molar-refractivity contribution < 1.29 is 19.1 Å². The summed E-state index contributed by atoms with van der Waals surface area (Å²) in [4.78, 5) is 23.3. The Morgan fingerprint density at radius 2 is 1.40 bits per heavy atom. The summed E-state index contributed by atoms with van der Waals surface area (Å²) in [6.07, 6.45) is 9.81. The van der Waals surface area contributed by atoms with E-state index in [9.17, 15) is 9.59 Å². The minimum absolute atomic E-state index is 0.229. The molecular formula is C20H31NO4. The molecule has 25 heavy (non-hydrogen) atoms. The van der Waals surface area contributed by atoms with Crippen LogP contribution in [0.4, 0.5) is 0 Å². The highest BCUT2D eigenvalue weighted by molar-refractivity contribution is 5.92. The van der Waals surface area contributed by atoms with Crippen LogP contribution in [0.3, 0.4) is 0 Å². The van der Waals surface area contributed by atoms with E-state index in [1.54, 1.807) is 6.07 Å². The number of carbonyl (C=O) groups is 2. The van der Waals surface area contributed by atoms with E-state index in [1.807, 2.05) is 0 Å². The molecule has 1 unspecified atom stereocenters. The second-order valence-electron chi connectivity index (χ2n) is 6.23. The summed E-state index contributed by atoms with van der Waals surface area (Å²) < 4.78 is 10.2. The Labute approximate surface area is 151 Å². The monoisotopic (exact) mass is 349 g/mol. The van der Waals surface area contributed by atoms with E-state index < -0.39 is 18.2 Å². The van der Waals surface area contributed by atoms with Crippen molar-refractivity contribution in [3.8, 4) is 6.07 Å². The van der Waals surface area contributed by atoms with Crippen LogP contribution in [0.15, 0.2) is 24.3 Å². The molecule has 0 saturated carbocycles. The summed E-state index contributed by atoms with van der Waals surface area (Å²) in [5, 5.41) is 8.67. The largest absolute Gasteiger partial charge is 0.422 e. The third-order valence-electron chi connectivity index (χ3n) is 3.75. The molecule has 0 aromatic rings. The summed E-state index contributed by atoms with van der Waals surface area (Å²) in [5.41, 5.74) is -0.0873. The summed E-state index contributed by atoms with van der Waals surface area (Å²) >= 11 is 0. The zero-order valence-electron chi connectivity index (χ0n) is 15.6. The quantitative estimate of drug-likeness (QED) is 0.145. The van der Waals surface area contributed by atoms with Gasteiger partial charge in [-0.15, -0.1) is 0 Å². The Kier molecular flexibility index (Phi) is 13.1. The molecule has 1 atom stereocenters. The van der Waals surface area contributed by atoms with Gasteiger partial charge >= 0.3 is 11.9 Å². The Morgan fingerprint density at radius 1 is 0.920 bits per heavy atom. The minimum atomic E-state index is -1.01. The van der Waals surface area contributed by atoms with Gasteiger partial charge in [0.05, 0.1) is 0 Å². The summed E-state index contributed by atoms with van der Waals surface area (Å²) in [5.74, 6) is -1.48. The molecule has 140 valence electrons. The van der Waals surface area contributed by atoms with E-state index >= 15 is 0 Å². The van der Waals surface area contributed by atoms with Crippen LogP contribution in [0.1, 0.15) is 78.1 Å². The molecule has 0 fully saturated rings. The SMILES string of the molecule is C=C(C)C(=O)OC(CCCCCCCCCCC)OC(=O)C(=C)C#N. The molecule has 0 bridgehead atoms. The Hall–Kier alpha value is -2.09. The molecule has 0 rings (SSSR count). The minimum Gasteiger partial charge on any atom is -0.422 e. The maximum Gasteiger partial charge on any atom is 0.351 e. The molecule has 0 spiro atoms. The zero-order valence-corrected chi connectivity index (χ0v) is 15.6. The number of unbranched alkanes of at least 4 members (excludes halogenated alkanes) is 8. The Balaban J connectivity index is 4.16. The fraction of sp³-hybridized carbons (Fsp3) is 0.650. The van der Waals surface area contributed by atoms with Gasteiger partial charge in [0, 0.05) is 12.0 Å². The van der Waals surface area contributed by atoms with Crippen molar-refractivity contribution in [1.29, 1.82) is 5.26 Å². The molecule has 0 aliphatic heterocycles. The molecule has 5 nitrogen and oxygen atoms in total. The van der Waals surface area contributed by atoms with Crippen molar-refractivity contribution in [2.75, 3.05) is 0 Å². The highest BCUT2D eigenvalue weighted by Gasteiger charge is 2.20. The number of nitriles is 1. The fourth-order valence-electron chi connectivity index (χ4n) is 2.22. The first-order chi connectivity index (χ1) is 11.9. The third-order valence-corrected chi connectivity index (χ3v) is 3.75. The van der Waals surface area contributed by atoms with Crippen LogP contribution in [-0.4, -0.2) is 18.2 Å². The number of hydrogen-bond donors (Lipinski definition) is 0. The summed E-state index contributed by atoms with van der Waals surface area (Å²) in [6, 6.07) is 1.62. The van der Waals surface area contributed by atoms with Gasteiger partial charge in [-0.05, 0) is 13.3 Å². The topological polar surface area (TPSA) is 76.4 Å². The lowest BCUT2D eigenvalue weighted by molar-refractivity contribution is -0.183. The van der Waals surface area contributed by atoms with Crippen LogP contribution in [0, 0.1) is 11.3 Å². The maximum atomic E-state index is 11.6. The molecule has 0 aliphatic carbocycles. The lowest BCUT2D eigenvalue weighted by atomic mass is 10.1. The molecule has 0 aromatic heterocycles. The second kappa shape index (κ2) is 14.3. The van der Waals surface area contributed by atoms with Gasteiger partial charge in [-0.2, -0.15) is 5.26 Å². The Bertz CT molecular complexity index is 490. The fourth-order valence-corrected chi connectivity index (χ4v) is 2.22. The van der Waals surface area contributed by atoms with Crippen LogP contribution in [0.5, 0.6) is 0 Å². The van der Waals surface area contributed by atoms with Gasteiger partial charge in [0.1, 0.15) is 11.6 Å². The van der Waals surface area contributed by atoms with Crippen LogP contribution in [0.2, 0.25) is 0 Å². The van der Waals surface area contributed by atoms with Gasteiger partial charge in [0.2, 0.25) is 6.29 Å². The molecule has 0 N–H and O–H groups in total. The van der Waals surface area contributed by atoms with Gasteiger partial charge in [-0.1, -0.05) is 71.4 Å². The summed E-state index contributed by atoms with van der Waals surface area (Å²) in [7, 11) is 0. The third kappa shape index (κ3) is 12.0. The van der Waals surface area contributed by atoms with E-state index in [4.69, 9.17) is 14.7 Å². The van der Waals surface area contributed by atoms with E-state index in [1.165, 1.54) is 45.4 Å². The van der Waals surface area contributed by atoms with E-state index in [-0.39, 0.29) is 11.1 Å². The van der Waals surface area contributed by atoms with E-state index in [2.05, 4.69) is 20.1 Å². The van der Waals surface area contributed by atoms with Crippen molar-refractivity contribution in [3.63, 3.8) is 0 Å². The first kappa shape index (κ1) is 22.9. The highest BCUT2D eigenvalue weighted by atomic mass is 16.7. The van der Waals surface area contributed by atoms with Crippen molar-refractivity contribution >= 4 is 11.9 Å². The average Bonchev–Trinajstić information content (AvgIpc) is 2.59. The first-order valence-corrected chi connectivity index (χ1v) is 9.08. The van der Waals surface area contributed by atoms with Crippen molar-refractivity contribution in [2.45, 2.75) is 84.3 Å².